The van der Waals surface area contributed by atoms with Crippen LogP contribution in [-0.4, -0.2) is 38.5 Å². The highest BCUT2D eigenvalue weighted by Crippen LogP contribution is 2.37. The number of para-hydroxylation sites is 2. The van der Waals surface area contributed by atoms with Crippen LogP contribution in [0, 0.1) is 10.1 Å². The Hall–Kier alpha value is -4.29. The van der Waals surface area contributed by atoms with Gasteiger partial charge in [0.2, 0.25) is 11.8 Å². The molecule has 13 heteroatoms. The molecule has 0 spiro atoms. The Morgan fingerprint density at radius 3 is 2.64 bits per heavy atom. The number of halogens is 3. The Morgan fingerprint density at radius 2 is 1.94 bits per heavy atom. The lowest BCUT2D eigenvalue weighted by Gasteiger charge is -2.31. The lowest BCUT2D eigenvalue weighted by Crippen LogP contribution is -2.51. The number of hydrogen-bond donors (Lipinski definition) is 1. The van der Waals surface area contributed by atoms with Gasteiger partial charge in [-0.2, -0.15) is 13.2 Å². The van der Waals surface area contributed by atoms with Crippen LogP contribution in [0.3, 0.4) is 0 Å². The molecular weight excluding hydrogens is 447 g/mol. The summed E-state index contributed by atoms with van der Waals surface area (Å²) in [5.41, 5.74) is -1.19. The number of anilines is 2. The summed E-state index contributed by atoms with van der Waals surface area (Å²) in [6, 6.07) is 6.41. The number of nitro benzene ring substituents is 1. The number of alkyl halides is 3. The number of rotatable bonds is 3. The molecule has 4 rings (SSSR count). The van der Waals surface area contributed by atoms with Gasteiger partial charge in [-0.15, -0.1) is 0 Å². The highest BCUT2D eigenvalue weighted by Gasteiger charge is 2.49. The molecule has 1 aliphatic rings. The molecular formula is C20H14F3N5O5. The van der Waals surface area contributed by atoms with E-state index in [0.29, 0.717) is 4.90 Å². The van der Waals surface area contributed by atoms with E-state index >= 15 is 0 Å². The van der Waals surface area contributed by atoms with Crippen molar-refractivity contribution in [2.24, 2.45) is 0 Å². The summed E-state index contributed by atoms with van der Waals surface area (Å²) in [4.78, 5) is 52.5. The third-order valence-corrected chi connectivity index (χ3v) is 5.10. The molecule has 10 nitrogen and oxygen atoms in total. The number of aromatic nitrogens is 2. The SMILES string of the molecule is O=C1CC(C(F)(F)F)N(C(=O)Cn2cnc3cc([N+](=O)[O-])ccc3c2=O)c2ccccc2N1. The van der Waals surface area contributed by atoms with Crippen LogP contribution in [0.5, 0.6) is 0 Å². The van der Waals surface area contributed by atoms with Gasteiger partial charge >= 0.3 is 6.18 Å². The first kappa shape index (κ1) is 21.9. The van der Waals surface area contributed by atoms with E-state index in [1.807, 2.05) is 0 Å². The average molecular weight is 461 g/mol. The quantitative estimate of drug-likeness (QED) is 0.472. The summed E-state index contributed by atoms with van der Waals surface area (Å²) in [6.45, 7) is -0.798. The zero-order valence-electron chi connectivity index (χ0n) is 16.6. The molecule has 0 aliphatic carbocycles. The lowest BCUT2D eigenvalue weighted by atomic mass is 10.1. The van der Waals surface area contributed by atoms with E-state index in [4.69, 9.17) is 0 Å². The summed E-state index contributed by atoms with van der Waals surface area (Å²) in [6.07, 6.45) is -5.00. The Labute approximate surface area is 182 Å². The fourth-order valence-corrected chi connectivity index (χ4v) is 3.59. The summed E-state index contributed by atoms with van der Waals surface area (Å²) in [5, 5.41) is 13.2. The number of non-ortho nitro benzene ring substituents is 1. The van der Waals surface area contributed by atoms with Gasteiger partial charge in [0.1, 0.15) is 12.6 Å². The second kappa shape index (κ2) is 8.00. The molecule has 0 radical (unpaired) electrons. The van der Waals surface area contributed by atoms with Gasteiger partial charge in [0.05, 0.1) is 39.9 Å². The minimum absolute atomic E-state index is 0.000909. The molecule has 0 saturated carbocycles. The van der Waals surface area contributed by atoms with Crippen LogP contribution in [0.4, 0.5) is 30.2 Å². The average Bonchev–Trinajstić information content (AvgIpc) is 2.91. The van der Waals surface area contributed by atoms with Gasteiger partial charge in [-0.25, -0.2) is 4.98 Å². The van der Waals surface area contributed by atoms with E-state index < -0.39 is 47.5 Å². The van der Waals surface area contributed by atoms with Gasteiger partial charge in [0, 0.05) is 12.1 Å². The van der Waals surface area contributed by atoms with E-state index in [-0.39, 0.29) is 28.0 Å². The van der Waals surface area contributed by atoms with Crippen molar-refractivity contribution < 1.29 is 27.7 Å². The molecule has 1 unspecified atom stereocenters. The second-order valence-corrected chi connectivity index (χ2v) is 7.23. The van der Waals surface area contributed by atoms with Crippen molar-refractivity contribution in [1.82, 2.24) is 9.55 Å². The Bertz CT molecular complexity index is 1350. The maximum Gasteiger partial charge on any atom is 0.409 e. The molecule has 0 fully saturated rings. The smallest absolute Gasteiger partial charge is 0.324 e. The maximum atomic E-state index is 13.8. The van der Waals surface area contributed by atoms with E-state index in [1.165, 1.54) is 24.3 Å². The van der Waals surface area contributed by atoms with Crippen LogP contribution in [0.15, 0.2) is 53.6 Å². The molecule has 1 N–H and O–H groups in total. The third-order valence-electron chi connectivity index (χ3n) is 5.10. The van der Waals surface area contributed by atoms with Gasteiger partial charge in [-0.1, -0.05) is 12.1 Å². The van der Waals surface area contributed by atoms with Crippen molar-refractivity contribution in [2.75, 3.05) is 10.2 Å². The minimum Gasteiger partial charge on any atom is -0.324 e. The number of nitrogens with zero attached hydrogens (tertiary/aromatic N) is 4. The molecule has 2 aromatic carbocycles. The Kier molecular flexibility index (Phi) is 5.31. The van der Waals surface area contributed by atoms with E-state index in [9.17, 15) is 37.7 Å². The third kappa shape index (κ3) is 4.12. The zero-order valence-corrected chi connectivity index (χ0v) is 16.6. The maximum absolute atomic E-state index is 13.8. The van der Waals surface area contributed by atoms with Crippen molar-refractivity contribution >= 4 is 39.8 Å². The predicted molar refractivity (Wildman–Crippen MR) is 110 cm³/mol. The van der Waals surface area contributed by atoms with E-state index in [0.717, 1.165) is 29.1 Å². The van der Waals surface area contributed by atoms with Gasteiger partial charge in [0.25, 0.3) is 11.2 Å². The first-order chi connectivity index (χ1) is 15.6. The summed E-state index contributed by atoms with van der Waals surface area (Å²) >= 11 is 0. The minimum atomic E-state index is -4.92. The lowest BCUT2D eigenvalue weighted by molar-refractivity contribution is -0.384. The predicted octanol–water partition coefficient (Wildman–Crippen LogP) is 2.61. The van der Waals surface area contributed by atoms with E-state index in [1.54, 1.807) is 0 Å². The molecule has 1 aliphatic heterocycles. The molecule has 2 amide bonds. The molecule has 1 aromatic heterocycles. The molecule has 170 valence electrons. The highest BCUT2D eigenvalue weighted by molar-refractivity contribution is 6.04. The zero-order chi connectivity index (χ0) is 23.9. The Morgan fingerprint density at radius 1 is 1.21 bits per heavy atom. The van der Waals surface area contributed by atoms with Crippen molar-refractivity contribution in [1.29, 1.82) is 0 Å². The van der Waals surface area contributed by atoms with Crippen molar-refractivity contribution in [3.63, 3.8) is 0 Å². The fourth-order valence-electron chi connectivity index (χ4n) is 3.59. The number of carbonyl (C=O) groups excluding carboxylic acids is 2. The molecule has 33 heavy (non-hydrogen) atoms. The van der Waals surface area contributed by atoms with Crippen LogP contribution >= 0.6 is 0 Å². The molecule has 0 saturated heterocycles. The van der Waals surface area contributed by atoms with Crippen LogP contribution in [-0.2, 0) is 16.1 Å². The van der Waals surface area contributed by atoms with Crippen LogP contribution in [0.25, 0.3) is 10.9 Å². The first-order valence-corrected chi connectivity index (χ1v) is 9.47. The molecule has 3 aromatic rings. The number of fused-ring (bicyclic) bond motifs is 2. The topological polar surface area (TPSA) is 127 Å². The molecule has 2 heterocycles. The van der Waals surface area contributed by atoms with E-state index in [2.05, 4.69) is 10.3 Å². The number of amides is 2. The fraction of sp³-hybridized carbons (Fsp3) is 0.200. The number of hydrogen-bond acceptors (Lipinski definition) is 6. The summed E-state index contributed by atoms with van der Waals surface area (Å²) in [7, 11) is 0. The van der Waals surface area contributed by atoms with Crippen LogP contribution < -0.4 is 15.8 Å². The largest absolute Gasteiger partial charge is 0.409 e. The Balaban J connectivity index is 1.76. The second-order valence-electron chi connectivity index (χ2n) is 7.23. The van der Waals surface area contributed by atoms with Crippen LogP contribution in [0.2, 0.25) is 0 Å². The van der Waals surface area contributed by atoms with Gasteiger partial charge < -0.3 is 5.32 Å². The number of nitrogens with one attached hydrogen (secondary N) is 1. The van der Waals surface area contributed by atoms with Crippen molar-refractivity contribution in [2.45, 2.75) is 25.2 Å². The standard InChI is InChI=1S/C20H14F3N5O5/c21-20(22,23)16-8-17(29)25-13-3-1-2-4-15(13)27(16)18(30)9-26-10-24-14-7-11(28(32)33)5-6-12(14)19(26)31/h1-7,10,16H,8-9H2,(H,25,29). The van der Waals surface area contributed by atoms with Crippen molar-refractivity contribution in [3.8, 4) is 0 Å². The molecule has 0 bridgehead atoms. The number of benzene rings is 2. The van der Waals surface area contributed by atoms with Crippen molar-refractivity contribution in [3.05, 3.63) is 69.3 Å². The highest BCUT2D eigenvalue weighted by atomic mass is 19.4. The summed E-state index contributed by atoms with van der Waals surface area (Å²) < 4.78 is 42.3. The molecule has 1 atom stereocenters. The van der Waals surface area contributed by atoms with Gasteiger partial charge in [-0.3, -0.25) is 34.0 Å². The number of nitro groups is 1. The van der Waals surface area contributed by atoms with Crippen LogP contribution in [0.1, 0.15) is 6.42 Å². The van der Waals surface area contributed by atoms with Gasteiger partial charge in [0.15, 0.2) is 0 Å². The monoisotopic (exact) mass is 461 g/mol. The first-order valence-electron chi connectivity index (χ1n) is 9.47. The van der Waals surface area contributed by atoms with Gasteiger partial charge in [-0.05, 0) is 18.2 Å². The number of carbonyl (C=O) groups is 2. The normalized spacial score (nSPS) is 16.2. The summed E-state index contributed by atoms with van der Waals surface area (Å²) in [5.74, 6) is -2.00.